The van der Waals surface area contributed by atoms with E-state index in [1.807, 2.05) is 6.92 Å². The van der Waals surface area contributed by atoms with Gasteiger partial charge in [-0.05, 0) is 30.9 Å². The standard InChI is InChI=1S/C8H13FN2S/c1-3-8(9,5-10)7-4-6(2)11-12-7/h4H,3,5,10H2,1-2H3. The smallest absolute Gasteiger partial charge is 0.158 e. The first-order valence-electron chi connectivity index (χ1n) is 3.95. The topological polar surface area (TPSA) is 38.9 Å². The molecule has 4 heteroatoms. The molecule has 1 unspecified atom stereocenters. The molecular formula is C8H13FN2S. The second-order valence-electron chi connectivity index (χ2n) is 2.86. The lowest BCUT2D eigenvalue weighted by Gasteiger charge is -2.18. The number of hydrogen-bond donors (Lipinski definition) is 1. The Labute approximate surface area is 75.8 Å². The second kappa shape index (κ2) is 3.49. The molecule has 12 heavy (non-hydrogen) atoms. The van der Waals surface area contributed by atoms with E-state index in [-0.39, 0.29) is 6.54 Å². The molecule has 0 aromatic carbocycles. The molecule has 0 bridgehead atoms. The van der Waals surface area contributed by atoms with Crippen molar-refractivity contribution < 1.29 is 4.39 Å². The predicted molar refractivity (Wildman–Crippen MR) is 49.0 cm³/mol. The van der Waals surface area contributed by atoms with Gasteiger partial charge in [0.2, 0.25) is 0 Å². The number of nitrogens with two attached hydrogens (primary N) is 1. The maximum atomic E-state index is 13.8. The normalized spacial score (nSPS) is 16.0. The van der Waals surface area contributed by atoms with E-state index in [4.69, 9.17) is 5.73 Å². The van der Waals surface area contributed by atoms with Crippen LogP contribution in [0.2, 0.25) is 0 Å². The Hall–Kier alpha value is -0.480. The van der Waals surface area contributed by atoms with Crippen LogP contribution in [0.15, 0.2) is 6.07 Å². The van der Waals surface area contributed by atoms with Crippen LogP contribution < -0.4 is 5.73 Å². The molecule has 1 rings (SSSR count). The quantitative estimate of drug-likeness (QED) is 0.787. The molecule has 0 aliphatic rings. The number of hydrogen-bond acceptors (Lipinski definition) is 3. The highest BCUT2D eigenvalue weighted by Gasteiger charge is 2.30. The van der Waals surface area contributed by atoms with Crippen molar-refractivity contribution in [3.63, 3.8) is 0 Å². The van der Waals surface area contributed by atoms with Crippen LogP contribution in [0.3, 0.4) is 0 Å². The van der Waals surface area contributed by atoms with Gasteiger partial charge in [-0.25, -0.2) is 4.39 Å². The molecule has 0 saturated carbocycles. The molecule has 2 N–H and O–H groups in total. The summed E-state index contributed by atoms with van der Waals surface area (Å²) in [6.07, 6.45) is 0.408. The van der Waals surface area contributed by atoms with Crippen LogP contribution in [-0.4, -0.2) is 10.9 Å². The minimum atomic E-state index is -1.37. The van der Waals surface area contributed by atoms with E-state index < -0.39 is 5.67 Å². The van der Waals surface area contributed by atoms with E-state index in [0.29, 0.717) is 11.3 Å². The van der Waals surface area contributed by atoms with Crippen molar-refractivity contribution in [3.05, 3.63) is 16.6 Å². The summed E-state index contributed by atoms with van der Waals surface area (Å²) in [6, 6.07) is 1.76. The Balaban J connectivity index is 2.94. The summed E-state index contributed by atoms with van der Waals surface area (Å²) >= 11 is 1.20. The van der Waals surface area contributed by atoms with Gasteiger partial charge in [0.15, 0.2) is 5.67 Å². The Bertz CT molecular complexity index is 255. The molecule has 1 heterocycles. The molecule has 1 aromatic heterocycles. The molecule has 0 fully saturated rings. The summed E-state index contributed by atoms with van der Waals surface area (Å²) < 4.78 is 17.9. The summed E-state index contributed by atoms with van der Waals surface area (Å²) in [5, 5.41) is 0. The molecule has 0 aliphatic heterocycles. The Morgan fingerprint density at radius 1 is 1.75 bits per heavy atom. The molecule has 1 atom stereocenters. The van der Waals surface area contributed by atoms with Crippen molar-refractivity contribution in [2.75, 3.05) is 6.54 Å². The van der Waals surface area contributed by atoms with E-state index in [1.165, 1.54) is 11.5 Å². The number of aryl methyl sites for hydroxylation is 1. The highest BCUT2D eigenvalue weighted by Crippen LogP contribution is 2.31. The minimum Gasteiger partial charge on any atom is -0.327 e. The van der Waals surface area contributed by atoms with Crippen LogP contribution in [0, 0.1) is 6.92 Å². The van der Waals surface area contributed by atoms with Gasteiger partial charge in [0.1, 0.15) is 0 Å². The van der Waals surface area contributed by atoms with Gasteiger partial charge in [-0.15, -0.1) is 0 Å². The average molecular weight is 188 g/mol. The number of halogens is 1. The third-order valence-electron chi connectivity index (χ3n) is 1.95. The second-order valence-corrected chi connectivity index (χ2v) is 3.66. The van der Waals surface area contributed by atoms with Gasteiger partial charge in [0.25, 0.3) is 0 Å². The molecule has 0 amide bonds. The molecule has 0 spiro atoms. The SMILES string of the molecule is CCC(F)(CN)c1cc(C)ns1. The predicted octanol–water partition coefficient (Wildman–Crippen LogP) is 1.99. The summed E-state index contributed by atoms with van der Waals surface area (Å²) in [7, 11) is 0. The zero-order valence-corrected chi connectivity index (χ0v) is 8.12. The van der Waals surface area contributed by atoms with Crippen LogP contribution >= 0.6 is 11.5 Å². The van der Waals surface area contributed by atoms with Gasteiger partial charge in [0.05, 0.1) is 10.6 Å². The van der Waals surface area contributed by atoms with Crippen LogP contribution in [0.25, 0.3) is 0 Å². The zero-order chi connectivity index (χ0) is 9.19. The van der Waals surface area contributed by atoms with E-state index in [2.05, 4.69) is 4.37 Å². The number of rotatable bonds is 3. The maximum Gasteiger partial charge on any atom is 0.158 e. The average Bonchev–Trinajstić information content (AvgIpc) is 2.51. The summed E-state index contributed by atoms with van der Waals surface area (Å²) in [6.45, 7) is 3.68. The van der Waals surface area contributed by atoms with E-state index >= 15 is 0 Å². The lowest BCUT2D eigenvalue weighted by Crippen LogP contribution is -2.28. The van der Waals surface area contributed by atoms with Crippen molar-refractivity contribution in [2.24, 2.45) is 5.73 Å². The third-order valence-corrected chi connectivity index (χ3v) is 3.01. The van der Waals surface area contributed by atoms with Crippen molar-refractivity contribution >= 4 is 11.5 Å². The first-order chi connectivity index (χ1) is 5.62. The van der Waals surface area contributed by atoms with Gasteiger partial charge in [-0.2, -0.15) is 4.37 Å². The largest absolute Gasteiger partial charge is 0.327 e. The van der Waals surface area contributed by atoms with Crippen molar-refractivity contribution in [1.29, 1.82) is 0 Å². The van der Waals surface area contributed by atoms with Gasteiger partial charge < -0.3 is 5.73 Å². The fraction of sp³-hybridized carbons (Fsp3) is 0.625. The molecule has 0 aliphatic carbocycles. The highest BCUT2D eigenvalue weighted by molar-refractivity contribution is 7.06. The van der Waals surface area contributed by atoms with Gasteiger partial charge >= 0.3 is 0 Å². The Morgan fingerprint density at radius 3 is 2.75 bits per heavy atom. The molecule has 0 radical (unpaired) electrons. The molecule has 1 aromatic rings. The van der Waals surface area contributed by atoms with E-state index in [9.17, 15) is 4.39 Å². The summed E-state index contributed by atoms with van der Waals surface area (Å²) in [4.78, 5) is 0.644. The molecule has 0 saturated heterocycles. The van der Waals surface area contributed by atoms with Crippen LogP contribution in [-0.2, 0) is 5.67 Å². The van der Waals surface area contributed by atoms with Crippen molar-refractivity contribution in [3.8, 4) is 0 Å². The first-order valence-corrected chi connectivity index (χ1v) is 4.72. The van der Waals surface area contributed by atoms with Crippen LogP contribution in [0.5, 0.6) is 0 Å². The third kappa shape index (κ3) is 1.64. The number of nitrogens with zero attached hydrogens (tertiary/aromatic N) is 1. The lowest BCUT2D eigenvalue weighted by atomic mass is 10.0. The van der Waals surface area contributed by atoms with E-state index in [0.717, 1.165) is 5.69 Å². The van der Waals surface area contributed by atoms with Gasteiger partial charge in [0, 0.05) is 6.54 Å². The first kappa shape index (κ1) is 9.61. The Kier molecular flexibility index (Phi) is 2.80. The fourth-order valence-corrected chi connectivity index (χ4v) is 1.90. The molecule has 68 valence electrons. The van der Waals surface area contributed by atoms with E-state index in [1.54, 1.807) is 13.0 Å². The van der Waals surface area contributed by atoms with Crippen LogP contribution in [0.1, 0.15) is 23.9 Å². The zero-order valence-electron chi connectivity index (χ0n) is 7.30. The number of aromatic nitrogens is 1. The lowest BCUT2D eigenvalue weighted by molar-refractivity contribution is 0.174. The minimum absolute atomic E-state index is 0.0329. The van der Waals surface area contributed by atoms with Crippen LogP contribution in [0.4, 0.5) is 4.39 Å². The summed E-state index contributed by atoms with van der Waals surface area (Å²) in [5.74, 6) is 0. The van der Waals surface area contributed by atoms with Gasteiger partial charge in [-0.3, -0.25) is 0 Å². The highest BCUT2D eigenvalue weighted by atomic mass is 32.1. The van der Waals surface area contributed by atoms with Crippen molar-refractivity contribution in [2.45, 2.75) is 25.9 Å². The monoisotopic (exact) mass is 188 g/mol. The fourth-order valence-electron chi connectivity index (χ4n) is 0.994. The molecular weight excluding hydrogens is 175 g/mol. The summed E-state index contributed by atoms with van der Waals surface area (Å²) in [5.41, 5.74) is 4.85. The number of alkyl halides is 1. The molecule has 2 nitrogen and oxygen atoms in total. The maximum absolute atomic E-state index is 13.8. The van der Waals surface area contributed by atoms with Gasteiger partial charge in [-0.1, -0.05) is 6.92 Å². The van der Waals surface area contributed by atoms with Crippen molar-refractivity contribution in [1.82, 2.24) is 4.37 Å². The Morgan fingerprint density at radius 2 is 2.42 bits per heavy atom.